The molecule has 0 fully saturated rings. The zero-order valence-electron chi connectivity index (χ0n) is 13.3. The van der Waals surface area contributed by atoms with Crippen LogP contribution < -0.4 is 17.1 Å². The molecule has 0 spiro atoms. The van der Waals surface area contributed by atoms with Crippen molar-refractivity contribution in [2.45, 2.75) is 33.0 Å². The molecule has 8 nitrogen and oxygen atoms in total. The molecule has 0 aromatic carbocycles. The summed E-state index contributed by atoms with van der Waals surface area (Å²) < 4.78 is 12.9. The van der Waals surface area contributed by atoms with Crippen LogP contribution in [-0.4, -0.2) is 41.1 Å². The lowest BCUT2D eigenvalue weighted by molar-refractivity contribution is 0.173. The van der Waals surface area contributed by atoms with Crippen molar-refractivity contribution in [2.75, 3.05) is 27.4 Å². The van der Waals surface area contributed by atoms with Gasteiger partial charge in [-0.25, -0.2) is 28.1 Å². The molecule has 22 heavy (non-hydrogen) atoms. The average Bonchev–Trinajstić information content (AvgIpc) is 2.46. The highest BCUT2D eigenvalue weighted by molar-refractivity contribution is 4.89. The predicted octanol–water partition coefficient (Wildman–Crippen LogP) is -0.569. The number of hydrogen-bond acceptors (Lipinski definition) is 5. The van der Waals surface area contributed by atoms with Gasteiger partial charge in [0.25, 0.3) is 0 Å². The third-order valence-corrected chi connectivity index (χ3v) is 3.19. The van der Waals surface area contributed by atoms with Gasteiger partial charge >= 0.3 is 17.1 Å². The Morgan fingerprint density at radius 1 is 0.864 bits per heavy atom. The lowest BCUT2D eigenvalue weighted by Gasteiger charge is -2.13. The van der Waals surface area contributed by atoms with E-state index >= 15 is 0 Å². The second-order valence-corrected chi connectivity index (χ2v) is 5.00. The van der Waals surface area contributed by atoms with Crippen LogP contribution in [-0.2, 0) is 29.1 Å². The minimum absolute atomic E-state index is 0.0918. The van der Waals surface area contributed by atoms with Gasteiger partial charge in [0.2, 0.25) is 0 Å². The molecule has 0 aliphatic heterocycles. The Kier molecular flexibility index (Phi) is 7.00. The van der Waals surface area contributed by atoms with Gasteiger partial charge in [0.05, 0.1) is 26.3 Å². The van der Waals surface area contributed by atoms with E-state index < -0.39 is 17.1 Å². The molecular weight excluding hydrogens is 290 g/mol. The molecule has 0 amide bonds. The third-order valence-electron chi connectivity index (χ3n) is 3.19. The Hall–Kier alpha value is -1.93. The van der Waals surface area contributed by atoms with Gasteiger partial charge in [-0.05, 0) is 13.3 Å². The van der Waals surface area contributed by atoms with Crippen LogP contribution in [0.5, 0.6) is 0 Å². The normalized spacial score (nSPS) is 10.9. The smallest absolute Gasteiger partial charge is 0.336 e. The van der Waals surface area contributed by atoms with E-state index in [2.05, 4.69) is 6.58 Å². The summed E-state index contributed by atoms with van der Waals surface area (Å²) in [4.78, 5) is 37.0. The molecule has 0 aliphatic carbocycles. The monoisotopic (exact) mass is 313 g/mol. The van der Waals surface area contributed by atoms with Crippen LogP contribution in [0.1, 0.15) is 13.3 Å². The fourth-order valence-electron chi connectivity index (χ4n) is 1.92. The quantitative estimate of drug-likeness (QED) is 0.570. The molecule has 1 aromatic heterocycles. The van der Waals surface area contributed by atoms with E-state index in [0.29, 0.717) is 6.42 Å². The maximum Gasteiger partial charge on any atom is 0.336 e. The van der Waals surface area contributed by atoms with Crippen LogP contribution in [0, 0.1) is 0 Å². The van der Waals surface area contributed by atoms with Gasteiger partial charge in [-0.3, -0.25) is 0 Å². The first-order chi connectivity index (χ1) is 10.4. The fourth-order valence-corrected chi connectivity index (χ4v) is 1.92. The molecule has 1 aromatic rings. The van der Waals surface area contributed by atoms with E-state index in [-0.39, 0.29) is 32.8 Å². The van der Waals surface area contributed by atoms with E-state index in [1.54, 1.807) is 0 Å². The van der Waals surface area contributed by atoms with Gasteiger partial charge in [-0.2, -0.15) is 0 Å². The summed E-state index contributed by atoms with van der Waals surface area (Å²) in [6.45, 7) is 6.36. The van der Waals surface area contributed by atoms with Crippen molar-refractivity contribution in [1.29, 1.82) is 0 Å². The van der Waals surface area contributed by atoms with Gasteiger partial charge in [0.1, 0.15) is 0 Å². The zero-order chi connectivity index (χ0) is 16.7. The fraction of sp³-hybridized carbons (Fsp3) is 0.643. The molecule has 0 saturated heterocycles. The molecule has 0 bridgehead atoms. The van der Waals surface area contributed by atoms with Gasteiger partial charge in [-0.15, -0.1) is 6.58 Å². The van der Waals surface area contributed by atoms with Crippen LogP contribution in [0.25, 0.3) is 0 Å². The van der Waals surface area contributed by atoms with Crippen LogP contribution in [0.2, 0.25) is 0 Å². The molecule has 1 heterocycles. The first-order valence-electron chi connectivity index (χ1n) is 7.00. The largest absolute Gasteiger partial charge is 0.383 e. The Balaban J connectivity index is 3.41. The molecular formula is C14H23N3O5. The molecule has 8 heteroatoms. The molecule has 0 saturated carbocycles. The van der Waals surface area contributed by atoms with Crippen molar-refractivity contribution in [2.24, 2.45) is 0 Å². The summed E-state index contributed by atoms with van der Waals surface area (Å²) in [6, 6.07) is 0. The van der Waals surface area contributed by atoms with Crippen molar-refractivity contribution in [3.63, 3.8) is 0 Å². The number of hydrogen-bond donors (Lipinski definition) is 0. The Morgan fingerprint density at radius 3 is 1.55 bits per heavy atom. The number of aromatic nitrogens is 3. The molecule has 0 unspecified atom stereocenters. The van der Waals surface area contributed by atoms with Gasteiger partial charge < -0.3 is 9.47 Å². The summed E-state index contributed by atoms with van der Waals surface area (Å²) >= 11 is 0. The van der Waals surface area contributed by atoms with Crippen LogP contribution in [0.4, 0.5) is 0 Å². The molecule has 124 valence electrons. The van der Waals surface area contributed by atoms with Crippen molar-refractivity contribution >= 4 is 0 Å². The second kappa shape index (κ2) is 8.50. The standard InChI is InChI=1S/C14H23N3O5/c1-11(2)5-6-15-12(18)16(7-9-21-3)14(20)17(13(15)19)8-10-22-4/h1,5-10H2,2-4H3. The summed E-state index contributed by atoms with van der Waals surface area (Å²) in [5.74, 6) is 0. The van der Waals surface area contributed by atoms with Gasteiger partial charge in [0.15, 0.2) is 0 Å². The molecule has 0 radical (unpaired) electrons. The summed E-state index contributed by atoms with van der Waals surface area (Å²) in [6.07, 6.45) is 0.488. The van der Waals surface area contributed by atoms with E-state index in [1.807, 2.05) is 6.92 Å². The Labute approximate surface area is 128 Å². The number of ether oxygens (including phenoxy) is 2. The number of allylic oxidation sites excluding steroid dienone is 1. The average molecular weight is 313 g/mol. The summed E-state index contributed by atoms with van der Waals surface area (Å²) in [5.41, 5.74) is -1.04. The van der Waals surface area contributed by atoms with Crippen molar-refractivity contribution in [3.05, 3.63) is 43.6 Å². The maximum absolute atomic E-state index is 12.4. The number of rotatable bonds is 9. The Morgan fingerprint density at radius 2 is 1.23 bits per heavy atom. The first-order valence-corrected chi connectivity index (χ1v) is 7.00. The lowest BCUT2D eigenvalue weighted by Crippen LogP contribution is -2.55. The predicted molar refractivity (Wildman–Crippen MR) is 82.4 cm³/mol. The number of nitrogens with zero attached hydrogens (tertiary/aromatic N) is 3. The maximum atomic E-state index is 12.4. The molecule has 0 N–H and O–H groups in total. The highest BCUT2D eigenvalue weighted by atomic mass is 16.5. The summed E-state index contributed by atoms with van der Waals surface area (Å²) in [5, 5.41) is 0. The van der Waals surface area contributed by atoms with Crippen LogP contribution in [0.3, 0.4) is 0 Å². The zero-order valence-corrected chi connectivity index (χ0v) is 13.3. The van der Waals surface area contributed by atoms with Crippen LogP contribution >= 0.6 is 0 Å². The first kappa shape index (κ1) is 18.1. The minimum atomic E-state index is -0.643. The van der Waals surface area contributed by atoms with Crippen molar-refractivity contribution in [1.82, 2.24) is 13.7 Å². The van der Waals surface area contributed by atoms with Crippen LogP contribution in [0.15, 0.2) is 26.5 Å². The highest BCUT2D eigenvalue weighted by Crippen LogP contribution is 1.95. The van der Waals surface area contributed by atoms with E-state index in [1.165, 1.54) is 14.2 Å². The number of methoxy groups -OCH3 is 2. The molecule has 1 rings (SSSR count). The third kappa shape index (κ3) is 4.28. The van der Waals surface area contributed by atoms with Gasteiger partial charge in [0, 0.05) is 20.8 Å². The molecule has 0 aliphatic rings. The van der Waals surface area contributed by atoms with Gasteiger partial charge in [-0.1, -0.05) is 5.57 Å². The Bertz CT molecular complexity index is 637. The van der Waals surface area contributed by atoms with E-state index in [4.69, 9.17) is 9.47 Å². The van der Waals surface area contributed by atoms with Crippen molar-refractivity contribution in [3.8, 4) is 0 Å². The second-order valence-electron chi connectivity index (χ2n) is 5.00. The van der Waals surface area contributed by atoms with E-state index in [9.17, 15) is 14.4 Å². The van der Waals surface area contributed by atoms with E-state index in [0.717, 1.165) is 19.3 Å². The lowest BCUT2D eigenvalue weighted by atomic mass is 10.2. The topological polar surface area (TPSA) is 84.5 Å². The molecule has 0 atom stereocenters. The highest BCUT2D eigenvalue weighted by Gasteiger charge is 2.14. The summed E-state index contributed by atoms with van der Waals surface area (Å²) in [7, 11) is 2.96. The van der Waals surface area contributed by atoms with Crippen molar-refractivity contribution < 1.29 is 9.47 Å². The SMILES string of the molecule is C=C(C)CCn1c(=O)n(CCOC)c(=O)n(CCOC)c1=O. The minimum Gasteiger partial charge on any atom is -0.383 e.